The van der Waals surface area contributed by atoms with E-state index in [1.54, 1.807) is 51.7 Å². The molecule has 2 aromatic carbocycles. The summed E-state index contributed by atoms with van der Waals surface area (Å²) in [7, 11) is 5.07. The smallest absolute Gasteiger partial charge is 0.329 e. The van der Waals surface area contributed by atoms with E-state index in [-0.39, 0.29) is 11.6 Å². The Kier molecular flexibility index (Phi) is 4.51. The zero-order chi connectivity index (χ0) is 22.4. The number of hydrogen-bond acceptors (Lipinski definition) is 5. The molecule has 0 unspecified atom stereocenters. The maximum Gasteiger partial charge on any atom is 0.329 e. The molecule has 1 N–H and O–H groups in total. The van der Waals surface area contributed by atoms with Crippen molar-refractivity contribution in [2.24, 2.45) is 21.1 Å². The minimum atomic E-state index is -0.275. The second kappa shape index (κ2) is 7.38. The van der Waals surface area contributed by atoms with E-state index in [2.05, 4.69) is 15.4 Å². The van der Waals surface area contributed by atoms with E-state index in [9.17, 15) is 9.59 Å². The van der Waals surface area contributed by atoms with Gasteiger partial charge in [-0.3, -0.25) is 18.6 Å². The minimum Gasteiger partial charge on any atom is -0.454 e. The molecule has 0 aliphatic rings. The Balaban J connectivity index is 1.61. The van der Waals surface area contributed by atoms with Crippen molar-refractivity contribution in [3.63, 3.8) is 0 Å². The number of rotatable bonds is 4. The third-order valence-corrected chi connectivity index (χ3v) is 5.45. The molecule has 3 heterocycles. The third kappa shape index (κ3) is 3.11. The van der Waals surface area contributed by atoms with E-state index >= 15 is 0 Å². The Labute approximate surface area is 182 Å². The van der Waals surface area contributed by atoms with E-state index < -0.39 is 0 Å². The molecule has 0 aliphatic heterocycles. The Hall–Kier alpha value is -4.40. The number of carbonyl (C=O) groups is 1. The molecule has 0 radical (unpaired) electrons. The van der Waals surface area contributed by atoms with Crippen molar-refractivity contribution in [1.82, 2.24) is 23.9 Å². The van der Waals surface area contributed by atoms with Gasteiger partial charge in [0.05, 0.1) is 0 Å². The van der Waals surface area contributed by atoms with Crippen LogP contribution in [-0.2, 0) is 21.1 Å². The number of aromatic nitrogens is 5. The number of nitrogens with zero attached hydrogens (tertiary/aromatic N) is 5. The molecule has 1 amide bonds. The van der Waals surface area contributed by atoms with E-state index in [1.165, 1.54) is 13.8 Å². The van der Waals surface area contributed by atoms with Crippen LogP contribution in [-0.4, -0.2) is 29.8 Å². The molecular formula is C23H20N6O3. The third-order valence-electron chi connectivity index (χ3n) is 5.45. The molecule has 5 aromatic rings. The van der Waals surface area contributed by atoms with Crippen LogP contribution in [0.4, 0.5) is 5.69 Å². The first-order valence-electron chi connectivity index (χ1n) is 9.94. The topological polar surface area (TPSA) is 96.0 Å². The molecule has 9 nitrogen and oxygen atoms in total. The molecule has 32 heavy (non-hydrogen) atoms. The second-order valence-corrected chi connectivity index (χ2v) is 7.47. The number of imidazole rings is 1. The molecule has 0 saturated heterocycles. The lowest BCUT2D eigenvalue weighted by Gasteiger charge is -2.13. The van der Waals surface area contributed by atoms with Gasteiger partial charge in [-0.15, -0.1) is 0 Å². The van der Waals surface area contributed by atoms with E-state index in [1.807, 2.05) is 30.3 Å². The fourth-order valence-electron chi connectivity index (χ4n) is 3.82. The first kappa shape index (κ1) is 19.6. The molecule has 0 fully saturated rings. The zero-order valence-corrected chi connectivity index (χ0v) is 17.7. The lowest BCUT2D eigenvalue weighted by atomic mass is 10.1. The van der Waals surface area contributed by atoms with Crippen LogP contribution < -0.4 is 15.7 Å². The van der Waals surface area contributed by atoms with Gasteiger partial charge in [-0.05, 0) is 17.5 Å². The summed E-state index contributed by atoms with van der Waals surface area (Å²) in [5.41, 5.74) is 1.95. The number of fused-ring (bicyclic) bond motifs is 2. The molecule has 0 atom stereocenters. The normalized spacial score (nSPS) is 11.2. The largest absolute Gasteiger partial charge is 0.454 e. The SMILES string of the molecule is Cn1nccc1C(=O)Nc1cc(Oc2ccnc3c2n(C)c(=O)n3C)c2ccccc2c1. The van der Waals surface area contributed by atoms with Crippen LogP contribution in [0.3, 0.4) is 0 Å². The van der Waals surface area contributed by atoms with Crippen LogP contribution in [0.2, 0.25) is 0 Å². The molecular weight excluding hydrogens is 408 g/mol. The lowest BCUT2D eigenvalue weighted by molar-refractivity contribution is 0.101. The molecule has 9 heteroatoms. The van der Waals surface area contributed by atoms with E-state index in [0.717, 1.165) is 10.8 Å². The number of nitrogens with one attached hydrogen (secondary N) is 1. The van der Waals surface area contributed by atoms with Crippen molar-refractivity contribution in [2.75, 3.05) is 5.32 Å². The molecule has 0 aliphatic carbocycles. The summed E-state index contributed by atoms with van der Waals surface area (Å²) < 4.78 is 10.8. The Morgan fingerprint density at radius 1 is 0.969 bits per heavy atom. The zero-order valence-electron chi connectivity index (χ0n) is 17.7. The van der Waals surface area contributed by atoms with Crippen LogP contribution >= 0.6 is 0 Å². The Morgan fingerprint density at radius 3 is 2.56 bits per heavy atom. The van der Waals surface area contributed by atoms with Gasteiger partial charge >= 0.3 is 5.69 Å². The van der Waals surface area contributed by atoms with Crippen LogP contribution in [0.5, 0.6) is 11.5 Å². The summed E-state index contributed by atoms with van der Waals surface area (Å²) in [4.78, 5) is 29.4. The predicted molar refractivity (Wildman–Crippen MR) is 121 cm³/mol. The second-order valence-electron chi connectivity index (χ2n) is 7.47. The summed E-state index contributed by atoms with van der Waals surface area (Å²) in [6, 6.07) is 14.8. The summed E-state index contributed by atoms with van der Waals surface area (Å²) in [6.07, 6.45) is 3.18. The predicted octanol–water partition coefficient (Wildman–Crippen LogP) is 3.20. The Bertz CT molecular complexity index is 1560. The fourth-order valence-corrected chi connectivity index (χ4v) is 3.82. The molecule has 0 bridgehead atoms. The number of anilines is 1. The molecule has 5 rings (SSSR count). The van der Waals surface area contributed by atoms with Gasteiger partial charge in [-0.25, -0.2) is 9.78 Å². The number of carbonyl (C=O) groups excluding carboxylic acids is 1. The van der Waals surface area contributed by atoms with Crippen molar-refractivity contribution in [3.05, 3.63) is 77.1 Å². The number of amides is 1. The van der Waals surface area contributed by atoms with Gasteiger partial charge < -0.3 is 10.1 Å². The van der Waals surface area contributed by atoms with Gasteiger partial charge in [0.15, 0.2) is 11.4 Å². The highest BCUT2D eigenvalue weighted by Gasteiger charge is 2.17. The van der Waals surface area contributed by atoms with Crippen molar-refractivity contribution < 1.29 is 9.53 Å². The van der Waals surface area contributed by atoms with Crippen molar-refractivity contribution in [3.8, 4) is 11.5 Å². The van der Waals surface area contributed by atoms with Crippen LogP contribution in [0.25, 0.3) is 21.9 Å². The summed E-state index contributed by atoms with van der Waals surface area (Å²) in [6.45, 7) is 0. The average molecular weight is 428 g/mol. The fraction of sp³-hybridized carbons (Fsp3) is 0.130. The maximum absolute atomic E-state index is 12.7. The number of pyridine rings is 1. The lowest BCUT2D eigenvalue weighted by Crippen LogP contribution is -2.19. The first-order valence-corrected chi connectivity index (χ1v) is 9.94. The van der Waals surface area contributed by atoms with Crippen molar-refractivity contribution >= 4 is 33.5 Å². The molecule has 0 spiro atoms. The average Bonchev–Trinajstić information content (AvgIpc) is 3.31. The number of ether oxygens (including phenoxy) is 1. The van der Waals surface area contributed by atoms with Gasteiger partial charge in [0, 0.05) is 56.7 Å². The highest BCUT2D eigenvalue weighted by atomic mass is 16.5. The van der Waals surface area contributed by atoms with Gasteiger partial charge in [-0.2, -0.15) is 5.10 Å². The summed E-state index contributed by atoms with van der Waals surface area (Å²) in [5.74, 6) is 0.769. The monoisotopic (exact) mass is 428 g/mol. The number of aryl methyl sites for hydroxylation is 3. The van der Waals surface area contributed by atoms with Gasteiger partial charge in [0.25, 0.3) is 5.91 Å². The first-order chi connectivity index (χ1) is 15.4. The van der Waals surface area contributed by atoms with Crippen molar-refractivity contribution in [1.29, 1.82) is 0 Å². The quantitative estimate of drug-likeness (QED) is 0.474. The number of benzene rings is 2. The Morgan fingerprint density at radius 2 is 1.78 bits per heavy atom. The van der Waals surface area contributed by atoms with Gasteiger partial charge in [0.1, 0.15) is 17.0 Å². The standard InChI is InChI=1S/C23H20N6O3/c1-27-20-18(9-10-24-21(20)28(2)23(27)31)32-19-13-15(12-14-6-4-5-7-16(14)19)26-22(30)17-8-11-25-29(17)3/h4-13H,1-3H3,(H,26,30). The minimum absolute atomic E-state index is 0.189. The van der Waals surface area contributed by atoms with Gasteiger partial charge in [0.2, 0.25) is 0 Å². The van der Waals surface area contributed by atoms with Crippen LogP contribution in [0, 0.1) is 0 Å². The maximum atomic E-state index is 12.7. The van der Waals surface area contributed by atoms with Crippen molar-refractivity contribution in [2.45, 2.75) is 0 Å². The van der Waals surface area contributed by atoms with Gasteiger partial charge in [-0.1, -0.05) is 24.3 Å². The van der Waals surface area contributed by atoms with Crippen LogP contribution in [0.1, 0.15) is 10.5 Å². The van der Waals surface area contributed by atoms with Crippen LogP contribution in [0.15, 0.2) is 65.7 Å². The number of hydrogen-bond donors (Lipinski definition) is 1. The molecule has 0 saturated carbocycles. The van der Waals surface area contributed by atoms with E-state index in [4.69, 9.17) is 4.74 Å². The highest BCUT2D eigenvalue weighted by molar-refractivity contribution is 6.05. The van der Waals surface area contributed by atoms with E-state index in [0.29, 0.717) is 34.0 Å². The molecule has 160 valence electrons. The molecule has 3 aromatic heterocycles. The highest BCUT2D eigenvalue weighted by Crippen LogP contribution is 2.35. The summed E-state index contributed by atoms with van der Waals surface area (Å²) in [5, 5.41) is 8.73. The summed E-state index contributed by atoms with van der Waals surface area (Å²) >= 11 is 0.